The molecule has 1 aromatic heterocycles. The van der Waals surface area contributed by atoms with E-state index in [1.165, 1.54) is 6.20 Å². The van der Waals surface area contributed by atoms with Crippen molar-refractivity contribution in [3.63, 3.8) is 0 Å². The SMILES string of the molecule is COc1cccc(-n2cc(C(=O)O)c(C(C)C)n2)c1. The Kier molecular flexibility index (Phi) is 3.55. The van der Waals surface area contributed by atoms with Crippen LogP contribution >= 0.6 is 0 Å². The Balaban J connectivity index is 2.50. The molecule has 0 spiro atoms. The van der Waals surface area contributed by atoms with Gasteiger partial charge in [0.2, 0.25) is 0 Å². The molecule has 0 radical (unpaired) electrons. The lowest BCUT2D eigenvalue weighted by Crippen LogP contribution is -2.01. The Morgan fingerprint density at radius 1 is 1.42 bits per heavy atom. The van der Waals surface area contributed by atoms with Gasteiger partial charge in [-0.3, -0.25) is 0 Å². The largest absolute Gasteiger partial charge is 0.497 e. The quantitative estimate of drug-likeness (QED) is 0.918. The molecule has 1 heterocycles. The van der Waals surface area contributed by atoms with Gasteiger partial charge in [0.05, 0.1) is 18.5 Å². The number of carboxylic acids is 1. The highest BCUT2D eigenvalue weighted by Crippen LogP contribution is 2.21. The van der Waals surface area contributed by atoms with E-state index < -0.39 is 5.97 Å². The fraction of sp³-hybridized carbons (Fsp3) is 0.286. The van der Waals surface area contributed by atoms with Crippen LogP contribution in [-0.4, -0.2) is 28.0 Å². The van der Waals surface area contributed by atoms with E-state index in [0.717, 1.165) is 5.69 Å². The summed E-state index contributed by atoms with van der Waals surface area (Å²) in [6.45, 7) is 3.84. The van der Waals surface area contributed by atoms with Gasteiger partial charge in [-0.15, -0.1) is 0 Å². The maximum absolute atomic E-state index is 11.2. The normalized spacial score (nSPS) is 10.7. The smallest absolute Gasteiger partial charge is 0.339 e. The fourth-order valence-corrected chi connectivity index (χ4v) is 1.86. The van der Waals surface area contributed by atoms with Gasteiger partial charge in [0.1, 0.15) is 11.3 Å². The van der Waals surface area contributed by atoms with Crippen molar-refractivity contribution in [2.24, 2.45) is 0 Å². The van der Waals surface area contributed by atoms with Crippen LogP contribution in [-0.2, 0) is 0 Å². The average Bonchev–Trinajstić information content (AvgIpc) is 2.84. The molecule has 1 aromatic carbocycles. The molecule has 1 N–H and O–H groups in total. The standard InChI is InChI=1S/C14H16N2O3/c1-9(2)13-12(14(17)18)8-16(15-13)10-5-4-6-11(7-10)19-3/h4-9H,1-3H3,(H,17,18). The number of nitrogens with zero attached hydrogens (tertiary/aromatic N) is 2. The molecule has 0 atom stereocenters. The number of ether oxygens (including phenoxy) is 1. The number of rotatable bonds is 4. The second kappa shape index (κ2) is 5.14. The molecule has 0 aliphatic carbocycles. The zero-order valence-corrected chi connectivity index (χ0v) is 11.1. The van der Waals surface area contributed by atoms with E-state index in [0.29, 0.717) is 11.4 Å². The Hall–Kier alpha value is -2.30. The molecule has 2 aromatic rings. The minimum atomic E-state index is -0.960. The lowest BCUT2D eigenvalue weighted by atomic mass is 10.1. The summed E-state index contributed by atoms with van der Waals surface area (Å²) in [6.07, 6.45) is 1.53. The van der Waals surface area contributed by atoms with Crippen LogP contribution < -0.4 is 4.74 Å². The van der Waals surface area contributed by atoms with Gasteiger partial charge >= 0.3 is 5.97 Å². The summed E-state index contributed by atoms with van der Waals surface area (Å²) in [5, 5.41) is 13.6. The third kappa shape index (κ3) is 2.59. The van der Waals surface area contributed by atoms with Gasteiger partial charge < -0.3 is 9.84 Å². The van der Waals surface area contributed by atoms with E-state index in [1.807, 2.05) is 38.1 Å². The van der Waals surface area contributed by atoms with Crippen LogP contribution in [0.2, 0.25) is 0 Å². The third-order valence-electron chi connectivity index (χ3n) is 2.84. The van der Waals surface area contributed by atoms with E-state index in [2.05, 4.69) is 5.10 Å². The minimum absolute atomic E-state index is 0.0537. The minimum Gasteiger partial charge on any atom is -0.497 e. The molecule has 0 saturated carbocycles. The Bertz CT molecular complexity index is 602. The molecular formula is C14H16N2O3. The predicted octanol–water partition coefficient (Wildman–Crippen LogP) is 2.70. The number of aromatic carboxylic acids is 1. The molecule has 100 valence electrons. The number of benzene rings is 1. The molecule has 0 amide bonds. The molecule has 0 unspecified atom stereocenters. The third-order valence-corrected chi connectivity index (χ3v) is 2.84. The lowest BCUT2D eigenvalue weighted by molar-refractivity contribution is 0.0695. The van der Waals surface area contributed by atoms with E-state index in [4.69, 9.17) is 4.74 Å². The monoisotopic (exact) mass is 260 g/mol. The summed E-state index contributed by atoms with van der Waals surface area (Å²) in [5.41, 5.74) is 1.59. The van der Waals surface area contributed by atoms with Crippen LogP contribution in [0.3, 0.4) is 0 Å². The number of methoxy groups -OCH3 is 1. The molecule has 0 fully saturated rings. The zero-order valence-electron chi connectivity index (χ0n) is 11.1. The lowest BCUT2D eigenvalue weighted by Gasteiger charge is -2.04. The first kappa shape index (κ1) is 13.1. The molecule has 5 heteroatoms. The van der Waals surface area contributed by atoms with Gasteiger partial charge in [-0.25, -0.2) is 9.48 Å². The summed E-state index contributed by atoms with van der Waals surface area (Å²) in [7, 11) is 1.59. The second-order valence-electron chi connectivity index (χ2n) is 4.53. The van der Waals surface area contributed by atoms with Gasteiger partial charge in [-0.05, 0) is 18.1 Å². The van der Waals surface area contributed by atoms with Crippen LogP contribution in [0.25, 0.3) is 5.69 Å². The van der Waals surface area contributed by atoms with Crippen molar-refractivity contribution in [3.8, 4) is 11.4 Å². The van der Waals surface area contributed by atoms with Crippen molar-refractivity contribution < 1.29 is 14.6 Å². The van der Waals surface area contributed by atoms with Crippen LogP contribution in [0.4, 0.5) is 0 Å². The Morgan fingerprint density at radius 3 is 2.68 bits per heavy atom. The van der Waals surface area contributed by atoms with Crippen LogP contribution in [0.5, 0.6) is 5.75 Å². The summed E-state index contributed by atoms with van der Waals surface area (Å²) in [5.74, 6) is -0.202. The van der Waals surface area contributed by atoms with Crippen molar-refractivity contribution >= 4 is 5.97 Å². The summed E-state index contributed by atoms with van der Waals surface area (Å²) >= 11 is 0. The predicted molar refractivity (Wildman–Crippen MR) is 71.2 cm³/mol. The maximum atomic E-state index is 11.2. The van der Waals surface area contributed by atoms with E-state index >= 15 is 0 Å². The summed E-state index contributed by atoms with van der Waals surface area (Å²) in [6, 6.07) is 7.33. The highest BCUT2D eigenvalue weighted by atomic mass is 16.5. The van der Waals surface area contributed by atoms with Gasteiger partial charge in [-0.2, -0.15) is 5.10 Å². The number of carbonyl (C=O) groups is 1. The highest BCUT2D eigenvalue weighted by Gasteiger charge is 2.18. The second-order valence-corrected chi connectivity index (χ2v) is 4.53. The van der Waals surface area contributed by atoms with Gasteiger partial charge in [0.25, 0.3) is 0 Å². The molecule has 0 saturated heterocycles. The topological polar surface area (TPSA) is 64.3 Å². The molecule has 0 bridgehead atoms. The molecule has 0 aliphatic heterocycles. The fourth-order valence-electron chi connectivity index (χ4n) is 1.86. The molecule has 19 heavy (non-hydrogen) atoms. The van der Waals surface area contributed by atoms with Crippen molar-refractivity contribution in [1.82, 2.24) is 9.78 Å². The van der Waals surface area contributed by atoms with Crippen molar-refractivity contribution in [2.45, 2.75) is 19.8 Å². The van der Waals surface area contributed by atoms with Crippen molar-refractivity contribution in [3.05, 3.63) is 41.7 Å². The van der Waals surface area contributed by atoms with Gasteiger partial charge in [0.15, 0.2) is 0 Å². The van der Waals surface area contributed by atoms with Gasteiger partial charge in [-0.1, -0.05) is 19.9 Å². The van der Waals surface area contributed by atoms with Crippen LogP contribution in [0, 0.1) is 0 Å². The Labute approximate surface area is 111 Å². The van der Waals surface area contributed by atoms with E-state index in [9.17, 15) is 9.90 Å². The first-order valence-corrected chi connectivity index (χ1v) is 6.00. The summed E-state index contributed by atoms with van der Waals surface area (Å²) in [4.78, 5) is 11.2. The highest BCUT2D eigenvalue weighted by molar-refractivity contribution is 5.89. The van der Waals surface area contributed by atoms with E-state index in [-0.39, 0.29) is 11.5 Å². The first-order chi connectivity index (χ1) is 9.02. The summed E-state index contributed by atoms with van der Waals surface area (Å²) < 4.78 is 6.72. The number of carboxylic acid groups (broad SMARTS) is 1. The number of hydrogen-bond acceptors (Lipinski definition) is 3. The maximum Gasteiger partial charge on any atom is 0.339 e. The first-order valence-electron chi connectivity index (χ1n) is 6.00. The number of hydrogen-bond donors (Lipinski definition) is 1. The van der Waals surface area contributed by atoms with Crippen LogP contribution in [0.1, 0.15) is 35.8 Å². The van der Waals surface area contributed by atoms with Crippen LogP contribution in [0.15, 0.2) is 30.5 Å². The van der Waals surface area contributed by atoms with E-state index in [1.54, 1.807) is 11.8 Å². The molecule has 5 nitrogen and oxygen atoms in total. The van der Waals surface area contributed by atoms with Crippen molar-refractivity contribution in [1.29, 1.82) is 0 Å². The molecule has 2 rings (SSSR count). The zero-order chi connectivity index (χ0) is 14.0. The average molecular weight is 260 g/mol. The Morgan fingerprint density at radius 2 is 2.16 bits per heavy atom. The molecule has 0 aliphatic rings. The van der Waals surface area contributed by atoms with Crippen molar-refractivity contribution in [2.75, 3.05) is 7.11 Å². The molecular weight excluding hydrogens is 244 g/mol. The number of aromatic nitrogens is 2. The van der Waals surface area contributed by atoms with Gasteiger partial charge in [0, 0.05) is 12.3 Å².